The summed E-state index contributed by atoms with van der Waals surface area (Å²) in [5.41, 5.74) is 4.76. The Morgan fingerprint density at radius 3 is 2.27 bits per heavy atom. The van der Waals surface area contributed by atoms with Crippen LogP contribution < -0.4 is 9.47 Å². The molecule has 4 aromatic rings. The number of carbonyl (C=O) groups is 1. The normalized spacial score (nSPS) is 13.8. The predicted molar refractivity (Wildman–Crippen MR) is 146 cm³/mol. The van der Waals surface area contributed by atoms with Crippen molar-refractivity contribution in [2.45, 2.75) is 13.5 Å². The number of ether oxygens (including phenoxy) is 3. The Labute approximate surface area is 220 Å². The van der Waals surface area contributed by atoms with E-state index in [-0.39, 0.29) is 11.6 Å². The first-order valence-corrected chi connectivity index (χ1v) is 12.3. The van der Waals surface area contributed by atoms with Gasteiger partial charge in [-0.2, -0.15) is 0 Å². The van der Waals surface area contributed by atoms with E-state index in [4.69, 9.17) is 25.8 Å². The largest absolute Gasteiger partial charge is 0.490 e. The summed E-state index contributed by atoms with van der Waals surface area (Å²) in [6.07, 6.45) is 1.67. The van der Waals surface area contributed by atoms with E-state index >= 15 is 0 Å². The standard InChI is InChI=1S/C31H24ClNO4/c1-2-35-29-19-21(12-17-28(29)36-20-25-10-6-7-11-26(25)32)18-27-31(34)37-30(33-27)24-15-13-23(14-16-24)22-8-4-3-5-9-22/h3-19H,2,20H2,1H3/b27-18-. The van der Waals surface area contributed by atoms with Gasteiger partial charge in [-0.1, -0.05) is 78.3 Å². The SMILES string of the molecule is CCOc1cc(/C=C2\N=C(c3ccc(-c4ccccc4)cc3)OC2=O)ccc1OCc1ccccc1Cl. The second-order valence-corrected chi connectivity index (χ2v) is 8.71. The van der Waals surface area contributed by atoms with E-state index in [0.29, 0.717) is 29.7 Å². The smallest absolute Gasteiger partial charge is 0.363 e. The molecule has 0 atom stereocenters. The van der Waals surface area contributed by atoms with Crippen molar-refractivity contribution in [1.29, 1.82) is 0 Å². The maximum Gasteiger partial charge on any atom is 0.363 e. The monoisotopic (exact) mass is 509 g/mol. The highest BCUT2D eigenvalue weighted by Gasteiger charge is 2.24. The molecule has 184 valence electrons. The molecule has 5 rings (SSSR count). The Hall–Kier alpha value is -4.35. The highest BCUT2D eigenvalue weighted by atomic mass is 35.5. The highest BCUT2D eigenvalue weighted by Crippen LogP contribution is 2.31. The molecule has 0 aliphatic carbocycles. The van der Waals surface area contributed by atoms with Crippen LogP contribution in [0.2, 0.25) is 5.02 Å². The van der Waals surface area contributed by atoms with E-state index < -0.39 is 5.97 Å². The number of aliphatic imine (C=N–C) groups is 1. The van der Waals surface area contributed by atoms with Gasteiger partial charge in [0.2, 0.25) is 5.90 Å². The highest BCUT2D eigenvalue weighted by molar-refractivity contribution is 6.31. The molecule has 0 radical (unpaired) electrons. The van der Waals surface area contributed by atoms with E-state index in [0.717, 1.165) is 27.8 Å². The third kappa shape index (κ3) is 5.74. The molecule has 0 fully saturated rings. The lowest BCUT2D eigenvalue weighted by Crippen LogP contribution is -2.05. The van der Waals surface area contributed by atoms with Crippen LogP contribution in [0.3, 0.4) is 0 Å². The second-order valence-electron chi connectivity index (χ2n) is 8.30. The van der Waals surface area contributed by atoms with Crippen LogP contribution in [0.15, 0.2) is 108 Å². The van der Waals surface area contributed by atoms with E-state index in [1.807, 2.05) is 97.9 Å². The zero-order valence-corrected chi connectivity index (χ0v) is 20.9. The number of carbonyl (C=O) groups excluding carboxylic acids is 1. The zero-order valence-electron chi connectivity index (χ0n) is 20.2. The molecule has 0 unspecified atom stereocenters. The molecule has 37 heavy (non-hydrogen) atoms. The van der Waals surface area contributed by atoms with Gasteiger partial charge in [0.15, 0.2) is 17.2 Å². The molecule has 0 saturated carbocycles. The van der Waals surface area contributed by atoms with Crippen molar-refractivity contribution < 1.29 is 19.0 Å². The van der Waals surface area contributed by atoms with Crippen molar-refractivity contribution in [3.8, 4) is 22.6 Å². The molecule has 6 heteroatoms. The number of cyclic esters (lactones) is 1. The first kappa shape index (κ1) is 24.3. The van der Waals surface area contributed by atoms with Crippen molar-refractivity contribution in [2.75, 3.05) is 6.61 Å². The first-order valence-electron chi connectivity index (χ1n) is 11.9. The van der Waals surface area contributed by atoms with Crippen molar-refractivity contribution in [1.82, 2.24) is 0 Å². The van der Waals surface area contributed by atoms with Crippen LogP contribution >= 0.6 is 11.6 Å². The van der Waals surface area contributed by atoms with E-state index in [1.54, 1.807) is 12.1 Å². The van der Waals surface area contributed by atoms with Gasteiger partial charge in [-0.05, 0) is 60.0 Å². The van der Waals surface area contributed by atoms with Gasteiger partial charge >= 0.3 is 5.97 Å². The summed E-state index contributed by atoms with van der Waals surface area (Å²) in [6, 6.07) is 30.8. The first-order chi connectivity index (χ1) is 18.1. The Balaban J connectivity index is 1.35. The quantitative estimate of drug-likeness (QED) is 0.184. The Morgan fingerprint density at radius 2 is 1.51 bits per heavy atom. The van der Waals surface area contributed by atoms with Crippen LogP contribution in [-0.2, 0) is 16.1 Å². The summed E-state index contributed by atoms with van der Waals surface area (Å²) in [7, 11) is 0. The van der Waals surface area contributed by atoms with Gasteiger partial charge in [-0.15, -0.1) is 0 Å². The van der Waals surface area contributed by atoms with Gasteiger partial charge in [0, 0.05) is 16.1 Å². The predicted octanol–water partition coefficient (Wildman–Crippen LogP) is 7.33. The van der Waals surface area contributed by atoms with Gasteiger partial charge in [-0.25, -0.2) is 9.79 Å². The van der Waals surface area contributed by atoms with Crippen LogP contribution in [-0.4, -0.2) is 18.5 Å². The third-order valence-electron chi connectivity index (χ3n) is 5.77. The van der Waals surface area contributed by atoms with Gasteiger partial charge in [0.25, 0.3) is 0 Å². The zero-order chi connectivity index (χ0) is 25.6. The average molecular weight is 510 g/mol. The number of benzene rings is 4. The summed E-state index contributed by atoms with van der Waals surface area (Å²) in [6.45, 7) is 2.67. The second kappa shape index (κ2) is 11.1. The molecule has 0 saturated heterocycles. The molecule has 0 N–H and O–H groups in total. The number of hydrogen-bond acceptors (Lipinski definition) is 5. The van der Waals surface area contributed by atoms with Crippen LogP contribution in [0.1, 0.15) is 23.6 Å². The molecule has 5 nitrogen and oxygen atoms in total. The fraction of sp³-hybridized carbons (Fsp3) is 0.0968. The molecular weight excluding hydrogens is 486 g/mol. The van der Waals surface area contributed by atoms with E-state index in [9.17, 15) is 4.79 Å². The topological polar surface area (TPSA) is 57.1 Å². The van der Waals surface area contributed by atoms with Crippen LogP contribution in [0.4, 0.5) is 0 Å². The molecule has 1 aliphatic heterocycles. The summed E-state index contributed by atoms with van der Waals surface area (Å²) in [4.78, 5) is 17.0. The molecular formula is C31H24ClNO4. The molecule has 4 aromatic carbocycles. The lowest BCUT2D eigenvalue weighted by atomic mass is 10.0. The van der Waals surface area contributed by atoms with E-state index in [2.05, 4.69) is 4.99 Å². The van der Waals surface area contributed by atoms with Gasteiger partial charge < -0.3 is 14.2 Å². The summed E-state index contributed by atoms with van der Waals surface area (Å²) in [5, 5.41) is 0.643. The fourth-order valence-corrected chi connectivity index (χ4v) is 4.09. The van der Waals surface area contributed by atoms with Crippen LogP contribution in [0, 0.1) is 0 Å². The van der Waals surface area contributed by atoms with Gasteiger partial charge in [0.1, 0.15) is 6.61 Å². The maximum absolute atomic E-state index is 12.5. The lowest BCUT2D eigenvalue weighted by molar-refractivity contribution is -0.129. The number of nitrogens with zero attached hydrogens (tertiary/aromatic N) is 1. The minimum Gasteiger partial charge on any atom is -0.490 e. The Kier molecular flexibility index (Phi) is 7.33. The Bertz CT molecular complexity index is 1480. The van der Waals surface area contributed by atoms with Crippen molar-refractivity contribution in [2.24, 2.45) is 4.99 Å². The van der Waals surface area contributed by atoms with Crippen molar-refractivity contribution >= 4 is 29.5 Å². The minimum atomic E-state index is -0.501. The molecule has 0 bridgehead atoms. The summed E-state index contributed by atoms with van der Waals surface area (Å²) in [5.74, 6) is 0.927. The summed E-state index contributed by atoms with van der Waals surface area (Å²) >= 11 is 6.24. The van der Waals surface area contributed by atoms with Gasteiger partial charge in [0.05, 0.1) is 6.61 Å². The fourth-order valence-electron chi connectivity index (χ4n) is 3.90. The summed E-state index contributed by atoms with van der Waals surface area (Å²) < 4.78 is 17.2. The molecule has 1 heterocycles. The van der Waals surface area contributed by atoms with Gasteiger partial charge in [-0.3, -0.25) is 0 Å². The van der Waals surface area contributed by atoms with Crippen LogP contribution in [0.25, 0.3) is 17.2 Å². The average Bonchev–Trinajstić information content (AvgIpc) is 3.29. The number of hydrogen-bond donors (Lipinski definition) is 0. The lowest BCUT2D eigenvalue weighted by Gasteiger charge is -2.13. The minimum absolute atomic E-state index is 0.217. The molecule has 0 amide bonds. The number of esters is 1. The molecule has 0 spiro atoms. The number of rotatable bonds is 8. The van der Waals surface area contributed by atoms with Crippen LogP contribution in [0.5, 0.6) is 11.5 Å². The van der Waals surface area contributed by atoms with Crippen molar-refractivity contribution in [3.05, 3.63) is 124 Å². The molecule has 1 aliphatic rings. The van der Waals surface area contributed by atoms with Crippen molar-refractivity contribution in [3.63, 3.8) is 0 Å². The van der Waals surface area contributed by atoms with E-state index in [1.165, 1.54) is 0 Å². The maximum atomic E-state index is 12.5. The third-order valence-corrected chi connectivity index (χ3v) is 6.14. The number of halogens is 1. The Morgan fingerprint density at radius 1 is 0.811 bits per heavy atom. The molecule has 0 aromatic heterocycles.